The number of phenols is 1. The van der Waals surface area contributed by atoms with Crippen LogP contribution < -0.4 is 10.6 Å². The first-order valence-corrected chi connectivity index (χ1v) is 7.69. The zero-order valence-electron chi connectivity index (χ0n) is 13.5. The smallest absolute Gasteiger partial charge is 0.191 e. The average Bonchev–Trinajstić information content (AvgIpc) is 3.04. The lowest BCUT2D eigenvalue weighted by Crippen LogP contribution is -2.42. The number of hydrogen-bond donors (Lipinski definition) is 3. The van der Waals surface area contributed by atoms with Gasteiger partial charge in [0, 0.05) is 32.4 Å². The first-order valence-electron chi connectivity index (χ1n) is 7.69. The van der Waals surface area contributed by atoms with E-state index in [2.05, 4.69) is 15.6 Å². The number of para-hydroxylation sites is 1. The summed E-state index contributed by atoms with van der Waals surface area (Å²) in [6, 6.07) is 7.23. The van der Waals surface area contributed by atoms with Crippen LogP contribution in [-0.2, 0) is 16.0 Å². The van der Waals surface area contributed by atoms with Gasteiger partial charge in [0.1, 0.15) is 5.75 Å². The van der Waals surface area contributed by atoms with E-state index in [1.807, 2.05) is 12.1 Å². The summed E-state index contributed by atoms with van der Waals surface area (Å²) in [6.45, 7) is 3.28. The summed E-state index contributed by atoms with van der Waals surface area (Å²) in [5.74, 6) is 0.970. The van der Waals surface area contributed by atoms with Gasteiger partial charge in [-0.3, -0.25) is 0 Å². The lowest BCUT2D eigenvalue weighted by atomic mass is 10.2. The molecular weight excluding hydrogens is 409 g/mol. The summed E-state index contributed by atoms with van der Waals surface area (Å²) in [4.78, 5) is 4.51. The number of nitrogens with zero attached hydrogens (tertiary/aromatic N) is 1. The van der Waals surface area contributed by atoms with Crippen LogP contribution in [0.1, 0.15) is 18.4 Å². The minimum atomic E-state index is 0. The predicted octanol–water partition coefficient (Wildman–Crippen LogP) is 1.87. The Labute approximate surface area is 154 Å². The molecule has 0 aromatic heterocycles. The lowest BCUT2D eigenvalue weighted by molar-refractivity contribution is 0.113. The molecule has 3 N–H and O–H groups in total. The van der Waals surface area contributed by atoms with Gasteiger partial charge >= 0.3 is 0 Å². The van der Waals surface area contributed by atoms with Gasteiger partial charge in [-0.05, 0) is 18.9 Å². The van der Waals surface area contributed by atoms with Crippen LogP contribution in [0, 0.1) is 0 Å². The van der Waals surface area contributed by atoms with Gasteiger partial charge in [-0.15, -0.1) is 24.0 Å². The van der Waals surface area contributed by atoms with E-state index < -0.39 is 0 Å². The summed E-state index contributed by atoms with van der Waals surface area (Å²) in [6.07, 6.45) is 2.45. The zero-order valence-corrected chi connectivity index (χ0v) is 15.8. The van der Waals surface area contributed by atoms with Gasteiger partial charge in [-0.1, -0.05) is 18.2 Å². The highest BCUT2D eigenvalue weighted by atomic mass is 127. The van der Waals surface area contributed by atoms with E-state index in [0.29, 0.717) is 25.7 Å². The van der Waals surface area contributed by atoms with Crippen molar-refractivity contribution in [2.75, 3.05) is 33.4 Å². The van der Waals surface area contributed by atoms with Crippen molar-refractivity contribution >= 4 is 29.9 Å². The van der Waals surface area contributed by atoms with E-state index in [4.69, 9.17) is 9.47 Å². The van der Waals surface area contributed by atoms with Crippen molar-refractivity contribution in [3.05, 3.63) is 29.8 Å². The van der Waals surface area contributed by atoms with Gasteiger partial charge in [0.05, 0.1) is 19.3 Å². The Hall–Kier alpha value is -1.06. The third-order valence-electron chi connectivity index (χ3n) is 3.52. The van der Waals surface area contributed by atoms with Crippen LogP contribution in [0.2, 0.25) is 0 Å². The van der Waals surface area contributed by atoms with Crippen molar-refractivity contribution in [1.29, 1.82) is 0 Å². The fraction of sp³-hybridized carbons (Fsp3) is 0.562. The third kappa shape index (κ3) is 7.36. The molecule has 0 radical (unpaired) electrons. The molecule has 0 aliphatic carbocycles. The average molecular weight is 435 g/mol. The van der Waals surface area contributed by atoms with Crippen molar-refractivity contribution < 1.29 is 14.6 Å². The molecule has 130 valence electrons. The standard InChI is InChI=1S/C16H25N3O3.HI/c1-21-10-8-17-16(19-12-14-6-4-9-22-14)18-11-13-5-2-3-7-15(13)20;/h2-3,5,7,14,20H,4,6,8-12H2,1H3,(H2,17,18,19);1H. The predicted molar refractivity (Wildman–Crippen MR) is 102 cm³/mol. The number of phenolic OH excluding ortho intramolecular Hbond substituents is 1. The molecule has 1 heterocycles. The molecule has 7 heteroatoms. The molecule has 0 amide bonds. The molecule has 1 saturated heterocycles. The highest BCUT2D eigenvalue weighted by molar-refractivity contribution is 14.0. The zero-order chi connectivity index (χ0) is 15.6. The number of benzene rings is 1. The van der Waals surface area contributed by atoms with Crippen LogP contribution in [0.4, 0.5) is 0 Å². The SMILES string of the molecule is COCCNC(=NCc1ccccc1O)NCC1CCCO1.I. The Bertz CT molecular complexity index is 479. The van der Waals surface area contributed by atoms with Crippen molar-refractivity contribution in [3.63, 3.8) is 0 Å². The van der Waals surface area contributed by atoms with Gasteiger partial charge in [-0.25, -0.2) is 4.99 Å². The van der Waals surface area contributed by atoms with E-state index in [1.54, 1.807) is 19.2 Å². The van der Waals surface area contributed by atoms with Crippen LogP contribution in [0.25, 0.3) is 0 Å². The molecule has 1 aliphatic rings. The molecule has 0 spiro atoms. The summed E-state index contributed by atoms with van der Waals surface area (Å²) in [5.41, 5.74) is 0.799. The second-order valence-corrected chi connectivity index (χ2v) is 5.23. The largest absolute Gasteiger partial charge is 0.508 e. The fourth-order valence-corrected chi connectivity index (χ4v) is 2.27. The van der Waals surface area contributed by atoms with Crippen LogP contribution in [-0.4, -0.2) is 50.6 Å². The minimum Gasteiger partial charge on any atom is -0.508 e. The number of ether oxygens (including phenoxy) is 2. The first kappa shape index (κ1) is 20.0. The number of nitrogens with one attached hydrogen (secondary N) is 2. The van der Waals surface area contributed by atoms with Crippen molar-refractivity contribution in [2.45, 2.75) is 25.5 Å². The highest BCUT2D eigenvalue weighted by Crippen LogP contribution is 2.16. The summed E-state index contributed by atoms with van der Waals surface area (Å²) in [7, 11) is 1.67. The topological polar surface area (TPSA) is 75.1 Å². The second-order valence-electron chi connectivity index (χ2n) is 5.23. The molecule has 1 atom stereocenters. The van der Waals surface area contributed by atoms with Gasteiger partial charge in [-0.2, -0.15) is 0 Å². The van der Waals surface area contributed by atoms with Gasteiger partial charge in [0.2, 0.25) is 0 Å². The summed E-state index contributed by atoms with van der Waals surface area (Å²) < 4.78 is 10.6. The maximum Gasteiger partial charge on any atom is 0.191 e. The maximum atomic E-state index is 9.79. The number of aromatic hydroxyl groups is 1. The lowest BCUT2D eigenvalue weighted by Gasteiger charge is -2.15. The Morgan fingerprint density at radius 1 is 1.39 bits per heavy atom. The highest BCUT2D eigenvalue weighted by Gasteiger charge is 2.15. The molecule has 23 heavy (non-hydrogen) atoms. The molecule has 0 bridgehead atoms. The van der Waals surface area contributed by atoms with Gasteiger partial charge < -0.3 is 25.2 Å². The van der Waals surface area contributed by atoms with Crippen molar-refractivity contribution in [1.82, 2.24) is 10.6 Å². The molecule has 1 fully saturated rings. The molecular formula is C16H26IN3O3. The van der Waals surface area contributed by atoms with Gasteiger partial charge in [0.15, 0.2) is 5.96 Å². The van der Waals surface area contributed by atoms with E-state index in [-0.39, 0.29) is 35.8 Å². The number of guanidine groups is 1. The van der Waals surface area contributed by atoms with E-state index in [1.165, 1.54) is 0 Å². The summed E-state index contributed by atoms with van der Waals surface area (Å²) in [5, 5.41) is 16.3. The fourth-order valence-electron chi connectivity index (χ4n) is 2.27. The normalized spacial score (nSPS) is 17.6. The van der Waals surface area contributed by atoms with Gasteiger partial charge in [0.25, 0.3) is 0 Å². The van der Waals surface area contributed by atoms with Crippen LogP contribution in [0.15, 0.2) is 29.3 Å². The number of methoxy groups -OCH3 is 1. The van der Waals surface area contributed by atoms with Crippen LogP contribution in [0.3, 0.4) is 0 Å². The number of rotatable bonds is 7. The van der Waals surface area contributed by atoms with Crippen LogP contribution >= 0.6 is 24.0 Å². The van der Waals surface area contributed by atoms with Crippen LogP contribution in [0.5, 0.6) is 5.75 Å². The summed E-state index contributed by atoms with van der Waals surface area (Å²) >= 11 is 0. The van der Waals surface area contributed by atoms with Crippen molar-refractivity contribution in [3.8, 4) is 5.75 Å². The number of aliphatic imine (C=N–C) groups is 1. The molecule has 1 aliphatic heterocycles. The third-order valence-corrected chi connectivity index (χ3v) is 3.52. The monoisotopic (exact) mass is 435 g/mol. The quantitative estimate of drug-likeness (QED) is 0.264. The molecule has 1 unspecified atom stereocenters. The minimum absolute atomic E-state index is 0. The Morgan fingerprint density at radius 3 is 2.91 bits per heavy atom. The van der Waals surface area contributed by atoms with E-state index in [0.717, 1.165) is 31.6 Å². The number of hydrogen-bond acceptors (Lipinski definition) is 4. The molecule has 1 aromatic rings. The number of halogens is 1. The molecule has 1 aromatic carbocycles. The molecule has 2 rings (SSSR count). The second kappa shape index (κ2) is 11.5. The maximum absolute atomic E-state index is 9.79. The molecule has 0 saturated carbocycles. The van der Waals surface area contributed by atoms with Crippen molar-refractivity contribution in [2.24, 2.45) is 4.99 Å². The Balaban J connectivity index is 0.00000264. The molecule has 6 nitrogen and oxygen atoms in total. The Kier molecular flexibility index (Phi) is 9.97. The first-order chi connectivity index (χ1) is 10.8. The van der Waals surface area contributed by atoms with E-state index >= 15 is 0 Å². The van der Waals surface area contributed by atoms with E-state index in [9.17, 15) is 5.11 Å². The Morgan fingerprint density at radius 2 is 2.22 bits per heavy atom.